The first-order valence-electron chi connectivity index (χ1n) is 3.81. The molecule has 0 spiro atoms. The van der Waals surface area contributed by atoms with E-state index in [1.54, 1.807) is 6.20 Å². The smallest absolute Gasteiger partial charge is 0.317 e. The van der Waals surface area contributed by atoms with Gasteiger partial charge in [-0.15, -0.1) is 0 Å². The van der Waals surface area contributed by atoms with Crippen LogP contribution in [-0.2, 0) is 14.9 Å². The molecule has 3 nitrogen and oxygen atoms in total. The third-order valence-electron chi connectivity index (χ3n) is 1.97. The van der Waals surface area contributed by atoms with Crippen LogP contribution in [0, 0.1) is 0 Å². The number of carbonyl (C=O) groups excluding carboxylic acids is 1. The molecule has 0 aliphatic heterocycles. The quantitative estimate of drug-likeness (QED) is 0.677. The van der Waals surface area contributed by atoms with Crippen LogP contribution in [0.5, 0.6) is 0 Å². The standard InChI is InChI=1S/C9H13NO2/c1-9(2,8(11)12-3)7-5-4-6-10-7/h4-6,10H,1-3H3. The van der Waals surface area contributed by atoms with Crippen molar-refractivity contribution in [1.82, 2.24) is 4.98 Å². The fraction of sp³-hybridized carbons (Fsp3) is 0.444. The van der Waals surface area contributed by atoms with Crippen LogP contribution in [0.3, 0.4) is 0 Å². The molecule has 0 saturated carbocycles. The molecule has 66 valence electrons. The Labute approximate surface area is 71.7 Å². The molecule has 1 heterocycles. The second-order valence-corrected chi connectivity index (χ2v) is 3.20. The Kier molecular flexibility index (Phi) is 2.22. The minimum atomic E-state index is -0.585. The molecule has 1 aromatic heterocycles. The summed E-state index contributed by atoms with van der Waals surface area (Å²) < 4.78 is 4.68. The lowest BCUT2D eigenvalue weighted by Crippen LogP contribution is -2.30. The first-order chi connectivity index (χ1) is 5.59. The lowest BCUT2D eigenvalue weighted by atomic mass is 9.90. The van der Waals surface area contributed by atoms with Gasteiger partial charge in [-0.2, -0.15) is 0 Å². The molecule has 0 radical (unpaired) electrons. The predicted octanol–water partition coefficient (Wildman–Crippen LogP) is 1.47. The Morgan fingerprint density at radius 2 is 2.25 bits per heavy atom. The van der Waals surface area contributed by atoms with Gasteiger partial charge in [-0.25, -0.2) is 0 Å². The van der Waals surface area contributed by atoms with Gasteiger partial charge in [0.25, 0.3) is 0 Å². The number of nitrogens with one attached hydrogen (secondary N) is 1. The number of hydrogen-bond acceptors (Lipinski definition) is 2. The predicted molar refractivity (Wildman–Crippen MR) is 45.8 cm³/mol. The molecule has 0 fully saturated rings. The lowest BCUT2D eigenvalue weighted by molar-refractivity contribution is -0.146. The molecule has 0 atom stereocenters. The number of aromatic amines is 1. The molecule has 0 aromatic carbocycles. The zero-order valence-corrected chi connectivity index (χ0v) is 7.55. The Morgan fingerprint density at radius 1 is 1.58 bits per heavy atom. The van der Waals surface area contributed by atoms with E-state index < -0.39 is 5.41 Å². The summed E-state index contributed by atoms with van der Waals surface area (Å²) >= 11 is 0. The van der Waals surface area contributed by atoms with Crippen molar-refractivity contribution in [3.05, 3.63) is 24.0 Å². The first-order valence-corrected chi connectivity index (χ1v) is 3.81. The van der Waals surface area contributed by atoms with Gasteiger partial charge in [-0.1, -0.05) is 0 Å². The average Bonchev–Trinajstić information content (AvgIpc) is 2.55. The third-order valence-corrected chi connectivity index (χ3v) is 1.97. The van der Waals surface area contributed by atoms with Crippen LogP contribution in [0.2, 0.25) is 0 Å². The van der Waals surface area contributed by atoms with Gasteiger partial charge >= 0.3 is 5.97 Å². The number of aromatic nitrogens is 1. The zero-order valence-electron chi connectivity index (χ0n) is 7.55. The maximum atomic E-state index is 11.3. The maximum absolute atomic E-state index is 11.3. The molecule has 1 rings (SSSR count). The summed E-state index contributed by atoms with van der Waals surface area (Å²) in [6.45, 7) is 3.65. The lowest BCUT2D eigenvalue weighted by Gasteiger charge is -2.19. The average molecular weight is 167 g/mol. The van der Waals surface area contributed by atoms with Gasteiger partial charge in [0, 0.05) is 11.9 Å². The van der Waals surface area contributed by atoms with Crippen LogP contribution >= 0.6 is 0 Å². The molecule has 12 heavy (non-hydrogen) atoms. The van der Waals surface area contributed by atoms with Crippen LogP contribution in [0.4, 0.5) is 0 Å². The number of rotatable bonds is 2. The second-order valence-electron chi connectivity index (χ2n) is 3.20. The maximum Gasteiger partial charge on any atom is 0.317 e. The van der Waals surface area contributed by atoms with E-state index in [1.807, 2.05) is 26.0 Å². The van der Waals surface area contributed by atoms with Crippen LogP contribution in [0.1, 0.15) is 19.5 Å². The van der Waals surface area contributed by atoms with Crippen molar-refractivity contribution in [3.63, 3.8) is 0 Å². The van der Waals surface area contributed by atoms with E-state index in [1.165, 1.54) is 7.11 Å². The van der Waals surface area contributed by atoms with Crippen LogP contribution < -0.4 is 0 Å². The van der Waals surface area contributed by atoms with Gasteiger partial charge < -0.3 is 9.72 Å². The fourth-order valence-corrected chi connectivity index (χ4v) is 1.08. The van der Waals surface area contributed by atoms with Gasteiger partial charge in [0.2, 0.25) is 0 Å². The van der Waals surface area contributed by atoms with Crippen LogP contribution in [0.25, 0.3) is 0 Å². The Morgan fingerprint density at radius 3 is 2.67 bits per heavy atom. The van der Waals surface area contributed by atoms with Gasteiger partial charge in [0.05, 0.1) is 7.11 Å². The number of carbonyl (C=O) groups is 1. The molecule has 0 aliphatic carbocycles. The minimum absolute atomic E-state index is 0.232. The van der Waals surface area contributed by atoms with Crippen molar-refractivity contribution in [3.8, 4) is 0 Å². The van der Waals surface area contributed by atoms with Gasteiger partial charge in [0.15, 0.2) is 0 Å². The molecule has 0 unspecified atom stereocenters. The van der Waals surface area contributed by atoms with Gasteiger partial charge in [-0.3, -0.25) is 4.79 Å². The Bertz CT molecular complexity index is 262. The summed E-state index contributed by atoms with van der Waals surface area (Å²) in [5.41, 5.74) is 0.285. The Hall–Kier alpha value is -1.25. The van der Waals surface area contributed by atoms with Gasteiger partial charge in [0.1, 0.15) is 5.41 Å². The summed E-state index contributed by atoms with van der Waals surface area (Å²) in [6, 6.07) is 3.73. The van der Waals surface area contributed by atoms with E-state index in [4.69, 9.17) is 0 Å². The number of H-pyrrole nitrogens is 1. The highest BCUT2D eigenvalue weighted by Gasteiger charge is 2.31. The number of esters is 1. The van der Waals surface area contributed by atoms with Gasteiger partial charge in [-0.05, 0) is 26.0 Å². The monoisotopic (exact) mass is 167 g/mol. The van der Waals surface area contributed by atoms with Crippen molar-refractivity contribution in [1.29, 1.82) is 0 Å². The SMILES string of the molecule is COC(=O)C(C)(C)c1ccc[nH]1. The molecule has 0 amide bonds. The highest BCUT2D eigenvalue weighted by atomic mass is 16.5. The van der Waals surface area contributed by atoms with E-state index in [-0.39, 0.29) is 5.97 Å². The number of ether oxygens (including phenoxy) is 1. The van der Waals surface area contributed by atoms with Crippen molar-refractivity contribution in [2.24, 2.45) is 0 Å². The molecule has 0 saturated heterocycles. The molecule has 0 bridgehead atoms. The summed E-state index contributed by atoms with van der Waals surface area (Å²) in [5.74, 6) is -0.232. The largest absolute Gasteiger partial charge is 0.468 e. The summed E-state index contributed by atoms with van der Waals surface area (Å²) in [6.07, 6.45) is 1.79. The molecule has 1 aromatic rings. The van der Waals surface area contributed by atoms with E-state index in [0.29, 0.717) is 0 Å². The van der Waals surface area contributed by atoms with Crippen LogP contribution in [0.15, 0.2) is 18.3 Å². The highest BCUT2D eigenvalue weighted by molar-refractivity contribution is 5.81. The fourth-order valence-electron chi connectivity index (χ4n) is 1.08. The van der Waals surface area contributed by atoms with Crippen LogP contribution in [-0.4, -0.2) is 18.1 Å². The number of hydrogen-bond donors (Lipinski definition) is 1. The van der Waals surface area contributed by atoms with Crippen molar-refractivity contribution in [2.45, 2.75) is 19.3 Å². The second kappa shape index (κ2) is 3.01. The van der Waals surface area contributed by atoms with Crippen molar-refractivity contribution >= 4 is 5.97 Å². The topological polar surface area (TPSA) is 42.1 Å². The minimum Gasteiger partial charge on any atom is -0.468 e. The van der Waals surface area contributed by atoms with E-state index >= 15 is 0 Å². The van der Waals surface area contributed by atoms with E-state index in [2.05, 4.69) is 9.72 Å². The van der Waals surface area contributed by atoms with Crippen molar-refractivity contribution < 1.29 is 9.53 Å². The highest BCUT2D eigenvalue weighted by Crippen LogP contribution is 2.22. The van der Waals surface area contributed by atoms with E-state index in [9.17, 15) is 4.79 Å². The third kappa shape index (κ3) is 1.35. The molecular formula is C9H13NO2. The Balaban J connectivity index is 2.93. The summed E-state index contributed by atoms with van der Waals surface area (Å²) in [4.78, 5) is 14.3. The van der Waals surface area contributed by atoms with E-state index in [0.717, 1.165) is 5.69 Å². The molecule has 1 N–H and O–H groups in total. The molecular weight excluding hydrogens is 154 g/mol. The zero-order chi connectivity index (χ0) is 9.19. The molecule has 3 heteroatoms. The normalized spacial score (nSPS) is 11.2. The first kappa shape index (κ1) is 8.84. The molecule has 0 aliphatic rings. The summed E-state index contributed by atoms with van der Waals surface area (Å²) in [5, 5.41) is 0. The van der Waals surface area contributed by atoms with Crippen molar-refractivity contribution in [2.75, 3.05) is 7.11 Å². The number of methoxy groups -OCH3 is 1. The summed E-state index contributed by atoms with van der Waals surface area (Å²) in [7, 11) is 1.40.